The fourth-order valence-corrected chi connectivity index (χ4v) is 3.82. The molecule has 0 saturated carbocycles. The molecule has 122 valence electrons. The van der Waals surface area contributed by atoms with Crippen LogP contribution in [0, 0.1) is 0 Å². The number of benzene rings is 1. The molecule has 3 rings (SSSR count). The van der Waals surface area contributed by atoms with Crippen molar-refractivity contribution in [3.05, 3.63) is 24.0 Å². The minimum Gasteiger partial charge on any atom is -0.497 e. The van der Waals surface area contributed by atoms with E-state index in [0.717, 1.165) is 50.8 Å². The lowest BCUT2D eigenvalue weighted by Crippen LogP contribution is -1.95. The van der Waals surface area contributed by atoms with Crippen LogP contribution in [0.3, 0.4) is 0 Å². The topological polar surface area (TPSA) is 61.5 Å². The highest BCUT2D eigenvalue weighted by atomic mass is 32.2. The molecule has 1 aromatic carbocycles. The molecular weight excluding hydrogens is 332 g/mol. The molecule has 0 fully saturated rings. The Bertz CT molecular complexity index is 800. The van der Waals surface area contributed by atoms with E-state index in [1.807, 2.05) is 34.5 Å². The van der Waals surface area contributed by atoms with Gasteiger partial charge in [0.1, 0.15) is 11.5 Å². The SMILES string of the molecule is CCCSCc1nnc2sc(-c3ccc(OC)cc3OC)nn12. The Kier molecular flexibility index (Phi) is 5.02. The van der Waals surface area contributed by atoms with Crippen molar-refractivity contribution in [1.29, 1.82) is 0 Å². The van der Waals surface area contributed by atoms with Gasteiger partial charge in [0, 0.05) is 6.07 Å². The summed E-state index contributed by atoms with van der Waals surface area (Å²) in [6, 6.07) is 5.71. The third-order valence-electron chi connectivity index (χ3n) is 3.27. The summed E-state index contributed by atoms with van der Waals surface area (Å²) in [6.45, 7) is 2.17. The molecule has 0 bridgehead atoms. The highest BCUT2D eigenvalue weighted by Crippen LogP contribution is 2.35. The Labute approximate surface area is 142 Å². The highest BCUT2D eigenvalue weighted by molar-refractivity contribution is 7.98. The lowest BCUT2D eigenvalue weighted by atomic mass is 10.2. The van der Waals surface area contributed by atoms with Crippen LogP contribution in [0.25, 0.3) is 15.5 Å². The summed E-state index contributed by atoms with van der Waals surface area (Å²) in [4.78, 5) is 0.796. The van der Waals surface area contributed by atoms with Crippen molar-refractivity contribution in [3.63, 3.8) is 0 Å². The van der Waals surface area contributed by atoms with Gasteiger partial charge >= 0.3 is 0 Å². The van der Waals surface area contributed by atoms with Gasteiger partial charge in [-0.3, -0.25) is 0 Å². The zero-order chi connectivity index (χ0) is 16.2. The second-order valence-electron chi connectivity index (χ2n) is 4.84. The fraction of sp³-hybridized carbons (Fsp3) is 0.400. The van der Waals surface area contributed by atoms with Gasteiger partial charge in [-0.2, -0.15) is 21.4 Å². The molecule has 3 aromatic rings. The van der Waals surface area contributed by atoms with Crippen molar-refractivity contribution >= 4 is 28.1 Å². The van der Waals surface area contributed by atoms with E-state index in [9.17, 15) is 0 Å². The number of hydrogen-bond acceptors (Lipinski definition) is 7. The first-order chi connectivity index (χ1) is 11.3. The van der Waals surface area contributed by atoms with Gasteiger partial charge in [0.15, 0.2) is 10.8 Å². The van der Waals surface area contributed by atoms with E-state index in [-0.39, 0.29) is 0 Å². The van der Waals surface area contributed by atoms with E-state index in [1.54, 1.807) is 14.2 Å². The maximum Gasteiger partial charge on any atom is 0.235 e. The van der Waals surface area contributed by atoms with E-state index in [0.29, 0.717) is 0 Å². The zero-order valence-corrected chi connectivity index (χ0v) is 14.9. The maximum atomic E-state index is 5.46. The Balaban J connectivity index is 1.94. The molecule has 0 radical (unpaired) electrons. The van der Waals surface area contributed by atoms with Gasteiger partial charge in [0.2, 0.25) is 4.96 Å². The normalized spacial score (nSPS) is 11.1. The number of nitrogens with zero attached hydrogens (tertiary/aromatic N) is 4. The Morgan fingerprint density at radius 1 is 1.22 bits per heavy atom. The van der Waals surface area contributed by atoms with Crippen molar-refractivity contribution in [1.82, 2.24) is 19.8 Å². The third-order valence-corrected chi connectivity index (χ3v) is 5.37. The first-order valence-electron chi connectivity index (χ1n) is 7.28. The molecule has 0 amide bonds. The molecule has 8 heteroatoms. The van der Waals surface area contributed by atoms with Crippen molar-refractivity contribution in [2.24, 2.45) is 0 Å². The van der Waals surface area contributed by atoms with Gasteiger partial charge in [0.05, 0.1) is 25.5 Å². The van der Waals surface area contributed by atoms with Crippen LogP contribution in [0.2, 0.25) is 0 Å². The molecule has 6 nitrogen and oxygen atoms in total. The minimum atomic E-state index is 0.733. The van der Waals surface area contributed by atoms with Crippen LogP contribution >= 0.6 is 23.1 Å². The molecule has 0 atom stereocenters. The standard InChI is InChI=1S/C15H18N4O2S2/c1-4-7-22-9-13-16-17-15-19(13)18-14(23-15)11-6-5-10(20-2)8-12(11)21-3/h5-6,8H,4,7,9H2,1-3H3. The van der Waals surface area contributed by atoms with Crippen molar-refractivity contribution in [2.75, 3.05) is 20.0 Å². The van der Waals surface area contributed by atoms with Crippen molar-refractivity contribution < 1.29 is 9.47 Å². The monoisotopic (exact) mass is 350 g/mol. The summed E-state index contributed by atoms with van der Waals surface area (Å²) >= 11 is 3.35. The number of fused-ring (bicyclic) bond motifs is 1. The summed E-state index contributed by atoms with van der Waals surface area (Å²) in [6.07, 6.45) is 1.15. The van der Waals surface area contributed by atoms with Crippen molar-refractivity contribution in [3.8, 4) is 22.1 Å². The Morgan fingerprint density at radius 2 is 2.09 bits per heavy atom. The lowest BCUT2D eigenvalue weighted by molar-refractivity contribution is 0.395. The van der Waals surface area contributed by atoms with Gasteiger partial charge in [-0.15, -0.1) is 10.2 Å². The largest absolute Gasteiger partial charge is 0.497 e. The number of hydrogen-bond donors (Lipinski definition) is 0. The smallest absolute Gasteiger partial charge is 0.235 e. The third kappa shape index (κ3) is 3.28. The summed E-state index contributed by atoms with van der Waals surface area (Å²) in [5, 5.41) is 14.0. The Morgan fingerprint density at radius 3 is 2.83 bits per heavy atom. The molecule has 0 spiro atoms. The number of aromatic nitrogens is 4. The van der Waals surface area contributed by atoms with Crippen LogP contribution in [0.15, 0.2) is 18.2 Å². The molecule has 0 saturated heterocycles. The first-order valence-corrected chi connectivity index (χ1v) is 9.25. The van der Waals surface area contributed by atoms with Crippen LogP contribution in [-0.4, -0.2) is 39.8 Å². The van der Waals surface area contributed by atoms with Crippen LogP contribution in [0.5, 0.6) is 11.5 Å². The van der Waals surface area contributed by atoms with Crippen molar-refractivity contribution in [2.45, 2.75) is 19.1 Å². The Hall–Kier alpha value is -1.80. The van der Waals surface area contributed by atoms with Gasteiger partial charge in [-0.05, 0) is 24.3 Å². The fourth-order valence-electron chi connectivity index (χ4n) is 2.14. The van der Waals surface area contributed by atoms with E-state index >= 15 is 0 Å². The van der Waals surface area contributed by atoms with E-state index in [4.69, 9.17) is 9.47 Å². The molecule has 0 aliphatic carbocycles. The maximum absolute atomic E-state index is 5.46. The van der Waals surface area contributed by atoms with E-state index in [2.05, 4.69) is 22.2 Å². The van der Waals surface area contributed by atoms with Gasteiger partial charge in [-0.25, -0.2) is 0 Å². The predicted molar refractivity (Wildman–Crippen MR) is 93.7 cm³/mol. The number of rotatable bonds is 7. The van der Waals surface area contributed by atoms with Crippen LogP contribution in [-0.2, 0) is 5.75 Å². The average molecular weight is 350 g/mol. The molecular formula is C15H18N4O2S2. The van der Waals surface area contributed by atoms with Crippen LogP contribution in [0.1, 0.15) is 19.2 Å². The summed E-state index contributed by atoms with van der Waals surface area (Å²) in [5.41, 5.74) is 0.927. The number of thioether (sulfide) groups is 1. The molecule has 2 heterocycles. The molecule has 0 aliphatic heterocycles. The predicted octanol–water partition coefficient (Wildman–Crippen LogP) is 3.51. The van der Waals surface area contributed by atoms with Gasteiger partial charge < -0.3 is 9.47 Å². The summed E-state index contributed by atoms with van der Waals surface area (Å²) < 4.78 is 12.5. The number of ether oxygens (including phenoxy) is 2. The molecule has 2 aromatic heterocycles. The second-order valence-corrected chi connectivity index (χ2v) is 6.90. The van der Waals surface area contributed by atoms with Gasteiger partial charge in [-0.1, -0.05) is 18.3 Å². The number of methoxy groups -OCH3 is 2. The molecule has 0 N–H and O–H groups in total. The first kappa shape index (κ1) is 16.1. The van der Waals surface area contributed by atoms with E-state index < -0.39 is 0 Å². The lowest BCUT2D eigenvalue weighted by Gasteiger charge is -2.07. The zero-order valence-electron chi connectivity index (χ0n) is 13.3. The average Bonchev–Trinajstić information content (AvgIpc) is 3.16. The molecule has 0 aliphatic rings. The van der Waals surface area contributed by atoms with Gasteiger partial charge in [0.25, 0.3) is 0 Å². The quantitative estimate of drug-likeness (QED) is 0.608. The van der Waals surface area contributed by atoms with Crippen LogP contribution < -0.4 is 9.47 Å². The molecule has 0 unspecified atom stereocenters. The second kappa shape index (κ2) is 7.18. The molecule has 23 heavy (non-hydrogen) atoms. The van der Waals surface area contributed by atoms with Crippen LogP contribution in [0.4, 0.5) is 0 Å². The summed E-state index contributed by atoms with van der Waals surface area (Å²) in [7, 11) is 3.28. The minimum absolute atomic E-state index is 0.733. The van der Waals surface area contributed by atoms with E-state index in [1.165, 1.54) is 11.3 Å². The summed E-state index contributed by atoms with van der Waals surface area (Å²) in [5.74, 6) is 4.30. The highest BCUT2D eigenvalue weighted by Gasteiger charge is 2.16.